The van der Waals surface area contributed by atoms with Gasteiger partial charge in [-0.15, -0.1) is 0 Å². The normalized spacial score (nSPS) is 11.8. The van der Waals surface area contributed by atoms with E-state index in [1.165, 1.54) is 56.5 Å². The molecule has 0 N–H and O–H groups in total. The van der Waals surface area contributed by atoms with Crippen LogP contribution in [0.1, 0.15) is 37.1 Å². The first-order chi connectivity index (χ1) is 18.6. The molecule has 0 unspecified atom stereocenters. The van der Waals surface area contributed by atoms with Crippen LogP contribution in [0.4, 0.5) is 0 Å². The van der Waals surface area contributed by atoms with Crippen molar-refractivity contribution >= 4 is 43.6 Å². The van der Waals surface area contributed by atoms with Crippen molar-refractivity contribution in [2.24, 2.45) is 0 Å². The molecule has 0 aliphatic heterocycles. The van der Waals surface area contributed by atoms with Gasteiger partial charge in [-0.2, -0.15) is 0 Å². The van der Waals surface area contributed by atoms with Gasteiger partial charge in [-0.05, 0) is 63.1 Å². The maximum Gasteiger partial charge on any atom is 0.120 e. The molecule has 0 fully saturated rings. The van der Waals surface area contributed by atoms with E-state index >= 15 is 0 Å². The number of benzene rings is 2. The van der Waals surface area contributed by atoms with Crippen molar-refractivity contribution < 1.29 is 9.47 Å². The van der Waals surface area contributed by atoms with Crippen LogP contribution in [0, 0.1) is 13.8 Å². The molecule has 4 heterocycles. The molecule has 0 aliphatic rings. The summed E-state index contributed by atoms with van der Waals surface area (Å²) in [5.74, 6) is 1.78. The minimum Gasteiger partial charge on any atom is -0.497 e. The highest BCUT2D eigenvalue weighted by Crippen LogP contribution is 2.34. The molecule has 0 amide bonds. The number of nitrogens with zero attached hydrogens (tertiary/aromatic N) is 4. The molecule has 0 bridgehead atoms. The molecule has 0 atom stereocenters. The van der Waals surface area contributed by atoms with Crippen molar-refractivity contribution in [3.63, 3.8) is 0 Å². The van der Waals surface area contributed by atoms with Gasteiger partial charge in [-0.1, -0.05) is 12.8 Å². The number of aryl methyl sites for hydroxylation is 4. The van der Waals surface area contributed by atoms with Gasteiger partial charge in [0.05, 0.1) is 47.7 Å². The standard InChI is InChI=1S/C32H34N4O2/c1-21-31-27(13-15-33-21)25-11-9-23(37-3)19-29(25)35(31)17-7-5-6-8-18-36-30-20-24(38-4)10-12-26(30)28-14-16-34-22(2)32(28)36/h9-16,19-20H,5-8,17-18H2,1-4H3. The largest absolute Gasteiger partial charge is 0.497 e. The van der Waals surface area contributed by atoms with Crippen LogP contribution in [0.15, 0.2) is 60.9 Å². The average molecular weight is 507 g/mol. The quantitative estimate of drug-likeness (QED) is 0.190. The molecule has 194 valence electrons. The predicted molar refractivity (Wildman–Crippen MR) is 156 cm³/mol. The van der Waals surface area contributed by atoms with Crippen molar-refractivity contribution in [3.8, 4) is 11.5 Å². The van der Waals surface area contributed by atoms with Gasteiger partial charge < -0.3 is 18.6 Å². The average Bonchev–Trinajstić information content (AvgIpc) is 3.43. The van der Waals surface area contributed by atoms with Gasteiger partial charge in [-0.25, -0.2) is 0 Å². The zero-order valence-corrected chi connectivity index (χ0v) is 22.6. The number of aromatic nitrogens is 4. The van der Waals surface area contributed by atoms with E-state index in [1.54, 1.807) is 14.2 Å². The van der Waals surface area contributed by atoms with Gasteiger partial charge >= 0.3 is 0 Å². The van der Waals surface area contributed by atoms with Gasteiger partial charge in [0, 0.05) is 59.2 Å². The van der Waals surface area contributed by atoms with E-state index in [0.717, 1.165) is 48.8 Å². The van der Waals surface area contributed by atoms with E-state index in [-0.39, 0.29) is 0 Å². The molecule has 0 saturated carbocycles. The van der Waals surface area contributed by atoms with Gasteiger partial charge in [0.25, 0.3) is 0 Å². The summed E-state index contributed by atoms with van der Waals surface area (Å²) in [6.07, 6.45) is 8.39. The van der Waals surface area contributed by atoms with Crippen molar-refractivity contribution in [2.45, 2.75) is 52.6 Å². The first kappa shape index (κ1) is 24.3. The van der Waals surface area contributed by atoms with E-state index in [2.05, 4.69) is 69.3 Å². The van der Waals surface area contributed by atoms with E-state index < -0.39 is 0 Å². The lowest BCUT2D eigenvalue weighted by atomic mass is 10.1. The highest BCUT2D eigenvalue weighted by molar-refractivity contribution is 6.09. The fourth-order valence-corrected chi connectivity index (χ4v) is 6.01. The number of pyridine rings is 2. The van der Waals surface area contributed by atoms with Crippen LogP contribution in [0.5, 0.6) is 11.5 Å². The summed E-state index contributed by atoms with van der Waals surface area (Å²) >= 11 is 0. The Labute approximate surface area is 222 Å². The SMILES string of the molecule is COc1ccc2c3ccnc(C)c3n(CCCCCCn3c4cc(OC)ccc4c4ccnc(C)c43)c2c1. The van der Waals surface area contributed by atoms with E-state index in [9.17, 15) is 0 Å². The van der Waals surface area contributed by atoms with Crippen LogP contribution < -0.4 is 9.47 Å². The molecule has 0 spiro atoms. The third-order valence-electron chi connectivity index (χ3n) is 7.84. The Kier molecular flexibility index (Phi) is 6.40. The lowest BCUT2D eigenvalue weighted by Crippen LogP contribution is -2.02. The number of hydrogen-bond acceptors (Lipinski definition) is 4. The number of ether oxygens (including phenoxy) is 2. The van der Waals surface area contributed by atoms with Crippen LogP contribution in [0.25, 0.3) is 43.6 Å². The van der Waals surface area contributed by atoms with E-state index in [0.29, 0.717) is 0 Å². The summed E-state index contributed by atoms with van der Waals surface area (Å²) in [6.45, 7) is 6.14. The highest BCUT2D eigenvalue weighted by atomic mass is 16.5. The number of unbranched alkanes of at least 4 members (excludes halogenated alkanes) is 3. The minimum atomic E-state index is 0.889. The van der Waals surface area contributed by atoms with E-state index in [1.807, 2.05) is 24.5 Å². The second-order valence-corrected chi connectivity index (χ2v) is 10.1. The molecular weight excluding hydrogens is 472 g/mol. The predicted octanol–water partition coefficient (Wildman–Crippen LogP) is 7.59. The zero-order chi connectivity index (χ0) is 26.2. The Morgan fingerprint density at radius 2 is 1.03 bits per heavy atom. The lowest BCUT2D eigenvalue weighted by molar-refractivity contribution is 0.415. The molecule has 0 radical (unpaired) electrons. The number of fused-ring (bicyclic) bond motifs is 6. The van der Waals surface area contributed by atoms with Gasteiger partial charge in [-0.3, -0.25) is 9.97 Å². The van der Waals surface area contributed by atoms with Crippen LogP contribution >= 0.6 is 0 Å². The fraction of sp³-hybridized carbons (Fsp3) is 0.312. The summed E-state index contributed by atoms with van der Waals surface area (Å²) in [6, 6.07) is 17.0. The van der Waals surface area contributed by atoms with E-state index in [4.69, 9.17) is 9.47 Å². The Hall–Kier alpha value is -4.06. The Balaban J connectivity index is 1.19. The maximum atomic E-state index is 5.54. The van der Waals surface area contributed by atoms with Gasteiger partial charge in [0.15, 0.2) is 0 Å². The third kappa shape index (κ3) is 4.05. The van der Waals surface area contributed by atoms with Crippen molar-refractivity contribution in [2.75, 3.05) is 14.2 Å². The molecule has 6 nitrogen and oxygen atoms in total. The summed E-state index contributed by atoms with van der Waals surface area (Å²) in [4.78, 5) is 9.18. The number of rotatable bonds is 9. The third-order valence-corrected chi connectivity index (χ3v) is 7.84. The Bertz CT molecular complexity index is 1650. The molecule has 6 heteroatoms. The van der Waals surface area contributed by atoms with Crippen LogP contribution in [-0.4, -0.2) is 33.3 Å². The fourth-order valence-electron chi connectivity index (χ4n) is 6.01. The number of hydrogen-bond donors (Lipinski definition) is 0. The summed E-state index contributed by atoms with van der Waals surface area (Å²) < 4.78 is 15.9. The molecule has 38 heavy (non-hydrogen) atoms. The van der Waals surface area contributed by atoms with Crippen LogP contribution in [0.2, 0.25) is 0 Å². The lowest BCUT2D eigenvalue weighted by Gasteiger charge is -2.11. The molecule has 4 aromatic heterocycles. The molecular formula is C32H34N4O2. The summed E-state index contributed by atoms with van der Waals surface area (Å²) in [7, 11) is 3.46. The van der Waals surface area contributed by atoms with Crippen LogP contribution in [0.3, 0.4) is 0 Å². The second kappa shape index (κ2) is 10.0. The van der Waals surface area contributed by atoms with Gasteiger partial charge in [0.2, 0.25) is 0 Å². The highest BCUT2D eigenvalue weighted by Gasteiger charge is 2.15. The van der Waals surface area contributed by atoms with Crippen molar-refractivity contribution in [3.05, 3.63) is 72.3 Å². The van der Waals surface area contributed by atoms with Crippen molar-refractivity contribution in [1.82, 2.24) is 19.1 Å². The molecule has 6 rings (SSSR count). The van der Waals surface area contributed by atoms with Crippen molar-refractivity contribution in [1.29, 1.82) is 0 Å². The minimum absolute atomic E-state index is 0.889. The monoisotopic (exact) mass is 506 g/mol. The summed E-state index contributed by atoms with van der Waals surface area (Å²) in [5, 5.41) is 5.05. The smallest absolute Gasteiger partial charge is 0.120 e. The van der Waals surface area contributed by atoms with Crippen LogP contribution in [-0.2, 0) is 13.1 Å². The number of methoxy groups -OCH3 is 2. The molecule has 0 aliphatic carbocycles. The first-order valence-electron chi connectivity index (χ1n) is 13.4. The molecule has 0 saturated heterocycles. The Morgan fingerprint density at radius 3 is 1.45 bits per heavy atom. The first-order valence-corrected chi connectivity index (χ1v) is 13.4. The topological polar surface area (TPSA) is 54.1 Å². The summed E-state index contributed by atoms with van der Waals surface area (Å²) in [5.41, 5.74) is 7.05. The molecule has 6 aromatic rings. The zero-order valence-electron chi connectivity index (χ0n) is 22.6. The second-order valence-electron chi connectivity index (χ2n) is 10.1. The Morgan fingerprint density at radius 1 is 0.579 bits per heavy atom. The maximum absolute atomic E-state index is 5.54. The molecule has 2 aromatic carbocycles. The van der Waals surface area contributed by atoms with Gasteiger partial charge in [0.1, 0.15) is 11.5 Å².